The van der Waals surface area contributed by atoms with Crippen molar-refractivity contribution in [3.05, 3.63) is 84.4 Å². The Bertz CT molecular complexity index is 1340. The molecule has 0 spiro atoms. The number of ether oxygens (including phenoxy) is 1. The Morgan fingerprint density at radius 1 is 0.947 bits per heavy atom. The first-order chi connectivity index (χ1) is 18.4. The number of anilines is 3. The van der Waals surface area contributed by atoms with Crippen molar-refractivity contribution in [2.24, 2.45) is 23.7 Å². The van der Waals surface area contributed by atoms with E-state index in [1.807, 2.05) is 55.5 Å². The summed E-state index contributed by atoms with van der Waals surface area (Å²) in [5.74, 6) is -3.75. The van der Waals surface area contributed by atoms with Crippen molar-refractivity contribution in [2.75, 3.05) is 10.2 Å². The number of rotatable bonds is 6. The number of para-hydroxylation sites is 1. The molecule has 3 aromatic carbocycles. The lowest BCUT2D eigenvalue weighted by molar-refractivity contribution is -0.270. The number of fused-ring (bicyclic) bond motifs is 3. The van der Waals surface area contributed by atoms with E-state index >= 15 is 0 Å². The molecule has 6 atom stereocenters. The molecule has 2 aliphatic heterocycles. The van der Waals surface area contributed by atoms with Crippen LogP contribution in [-0.2, 0) is 14.3 Å². The minimum Gasteiger partial charge on any atom is -0.508 e. The van der Waals surface area contributed by atoms with Gasteiger partial charge in [0.05, 0.1) is 23.6 Å². The van der Waals surface area contributed by atoms with Gasteiger partial charge in [0.25, 0.3) is 0 Å². The van der Waals surface area contributed by atoms with Crippen molar-refractivity contribution < 1.29 is 24.5 Å². The van der Waals surface area contributed by atoms with Crippen molar-refractivity contribution in [3.8, 4) is 5.75 Å². The second-order valence-electron chi connectivity index (χ2n) is 10.7. The van der Waals surface area contributed by atoms with Gasteiger partial charge in [0.2, 0.25) is 11.8 Å². The predicted molar refractivity (Wildman–Crippen MR) is 144 cm³/mol. The minimum atomic E-state index is -1.50. The van der Waals surface area contributed by atoms with E-state index in [-0.39, 0.29) is 23.5 Å². The van der Waals surface area contributed by atoms with Crippen LogP contribution in [0, 0.1) is 23.7 Å². The normalized spacial score (nSPS) is 30.3. The van der Waals surface area contributed by atoms with Gasteiger partial charge in [-0.05, 0) is 73.4 Å². The number of aliphatic hydroxyl groups is 1. The minimum absolute atomic E-state index is 0.124. The summed E-state index contributed by atoms with van der Waals surface area (Å²) >= 11 is 0. The first-order valence-corrected chi connectivity index (χ1v) is 13.4. The fourth-order valence-electron chi connectivity index (χ4n) is 6.73. The summed E-state index contributed by atoms with van der Waals surface area (Å²) in [4.78, 5) is 28.9. The highest BCUT2D eigenvalue weighted by Crippen LogP contribution is 2.59. The van der Waals surface area contributed by atoms with Gasteiger partial charge >= 0.3 is 0 Å². The van der Waals surface area contributed by atoms with Crippen LogP contribution in [0.15, 0.2) is 78.9 Å². The zero-order chi connectivity index (χ0) is 26.4. The first kappa shape index (κ1) is 24.6. The van der Waals surface area contributed by atoms with Gasteiger partial charge in [-0.2, -0.15) is 0 Å². The van der Waals surface area contributed by atoms with E-state index in [0.717, 1.165) is 23.4 Å². The van der Waals surface area contributed by atoms with Crippen molar-refractivity contribution in [1.82, 2.24) is 0 Å². The Morgan fingerprint density at radius 2 is 1.68 bits per heavy atom. The standard InChI is InChI=1S/C31H32N2O5/c1-2-7-20-17-25-28(26-18-27(38-31(20,26)37)19-8-6-11-24(34)16-19)30(36)33(29(25)35)23-14-12-22(13-15-23)32-21-9-4-3-5-10-21/h3-6,8-16,20,25-28,32,34,37H,2,7,17-18H2,1H3/t20-,25-,26-,27-,28-,31+/m0/s1. The summed E-state index contributed by atoms with van der Waals surface area (Å²) < 4.78 is 6.32. The first-order valence-electron chi connectivity index (χ1n) is 13.4. The molecule has 7 nitrogen and oxygen atoms in total. The molecule has 6 rings (SSSR count). The number of nitrogens with zero attached hydrogens (tertiary/aromatic N) is 1. The van der Waals surface area contributed by atoms with Crippen LogP contribution in [0.25, 0.3) is 0 Å². The van der Waals surface area contributed by atoms with E-state index in [1.165, 1.54) is 4.90 Å². The van der Waals surface area contributed by atoms with Gasteiger partial charge in [0.1, 0.15) is 5.75 Å². The molecule has 3 aromatic rings. The van der Waals surface area contributed by atoms with Crippen molar-refractivity contribution in [3.63, 3.8) is 0 Å². The Labute approximate surface area is 222 Å². The van der Waals surface area contributed by atoms with Gasteiger partial charge in [-0.15, -0.1) is 0 Å². The molecular formula is C31H32N2O5. The lowest BCUT2D eigenvalue weighted by Gasteiger charge is -2.44. The van der Waals surface area contributed by atoms with Crippen molar-refractivity contribution in [2.45, 2.75) is 44.5 Å². The fourth-order valence-corrected chi connectivity index (χ4v) is 6.73. The van der Waals surface area contributed by atoms with E-state index in [2.05, 4.69) is 5.32 Å². The molecule has 3 N–H and O–H groups in total. The maximum atomic E-state index is 13.9. The third-order valence-electron chi connectivity index (χ3n) is 8.43. The second-order valence-corrected chi connectivity index (χ2v) is 10.7. The van der Waals surface area contributed by atoms with Crippen LogP contribution < -0.4 is 10.2 Å². The molecule has 0 aromatic heterocycles. The monoisotopic (exact) mass is 512 g/mol. The topological polar surface area (TPSA) is 99.1 Å². The highest BCUT2D eigenvalue weighted by Gasteiger charge is 2.66. The Balaban J connectivity index is 1.29. The number of phenols is 1. The zero-order valence-electron chi connectivity index (χ0n) is 21.3. The number of benzene rings is 3. The van der Waals surface area contributed by atoms with Gasteiger partial charge < -0.3 is 20.3 Å². The van der Waals surface area contributed by atoms with Crippen LogP contribution in [0.5, 0.6) is 5.75 Å². The van der Waals surface area contributed by atoms with E-state index in [4.69, 9.17) is 4.74 Å². The van der Waals surface area contributed by atoms with Crippen molar-refractivity contribution in [1.29, 1.82) is 0 Å². The number of carbonyl (C=O) groups is 2. The van der Waals surface area contributed by atoms with E-state index in [1.54, 1.807) is 30.3 Å². The molecule has 2 heterocycles. The SMILES string of the molecule is CCC[C@H]1C[C@@H]2C(=O)N(c3ccc(Nc4ccccc4)cc3)C(=O)[C@@H]2[C@@H]2C[C@@H](c3cccc(O)c3)O[C@]12O. The van der Waals surface area contributed by atoms with Gasteiger partial charge in [-0.3, -0.25) is 14.5 Å². The summed E-state index contributed by atoms with van der Waals surface area (Å²) in [5, 5.41) is 25.2. The van der Waals surface area contributed by atoms with Crippen LogP contribution in [0.4, 0.5) is 17.1 Å². The van der Waals surface area contributed by atoms with Crippen LogP contribution >= 0.6 is 0 Å². The Kier molecular flexibility index (Phi) is 6.20. The van der Waals surface area contributed by atoms with Crippen molar-refractivity contribution >= 4 is 28.9 Å². The molecule has 3 fully saturated rings. The van der Waals surface area contributed by atoms with Gasteiger partial charge in [0.15, 0.2) is 5.79 Å². The summed E-state index contributed by atoms with van der Waals surface area (Å²) in [7, 11) is 0. The Morgan fingerprint density at radius 3 is 2.39 bits per heavy atom. The molecule has 3 aliphatic rings. The van der Waals surface area contributed by atoms with Crippen LogP contribution in [0.1, 0.15) is 44.3 Å². The van der Waals surface area contributed by atoms with E-state index in [0.29, 0.717) is 24.9 Å². The summed E-state index contributed by atoms with van der Waals surface area (Å²) in [6.07, 6.45) is 1.89. The fraction of sp³-hybridized carbons (Fsp3) is 0.355. The third kappa shape index (κ3) is 4.06. The molecule has 196 valence electrons. The number of carbonyl (C=O) groups excluding carboxylic acids is 2. The molecule has 38 heavy (non-hydrogen) atoms. The largest absolute Gasteiger partial charge is 0.508 e. The highest BCUT2D eigenvalue weighted by atomic mass is 16.6. The number of aromatic hydroxyl groups is 1. The summed E-state index contributed by atoms with van der Waals surface area (Å²) in [5.41, 5.74) is 3.09. The van der Waals surface area contributed by atoms with Gasteiger partial charge in [-0.1, -0.05) is 43.7 Å². The molecular weight excluding hydrogens is 480 g/mol. The molecule has 2 saturated heterocycles. The molecule has 1 aliphatic carbocycles. The number of phenolic OH excluding ortho intramolecular Hbond substituents is 1. The molecule has 0 unspecified atom stereocenters. The summed E-state index contributed by atoms with van der Waals surface area (Å²) in [6, 6.07) is 23.9. The lowest BCUT2D eigenvalue weighted by atomic mass is 9.63. The predicted octanol–water partition coefficient (Wildman–Crippen LogP) is 5.53. The van der Waals surface area contributed by atoms with Gasteiger partial charge in [-0.25, -0.2) is 0 Å². The van der Waals surface area contributed by atoms with Crippen LogP contribution in [0.3, 0.4) is 0 Å². The number of imide groups is 1. The molecule has 1 saturated carbocycles. The molecule has 7 heteroatoms. The number of hydrogen-bond acceptors (Lipinski definition) is 6. The maximum Gasteiger partial charge on any atom is 0.238 e. The highest BCUT2D eigenvalue weighted by molar-refractivity contribution is 6.22. The van der Waals surface area contributed by atoms with E-state index < -0.39 is 29.6 Å². The molecule has 0 bridgehead atoms. The average molecular weight is 513 g/mol. The Hall–Kier alpha value is -3.68. The average Bonchev–Trinajstić information content (AvgIpc) is 3.40. The number of nitrogens with one attached hydrogen (secondary N) is 1. The second kappa shape index (κ2) is 9.57. The quantitative estimate of drug-likeness (QED) is 0.376. The lowest BCUT2D eigenvalue weighted by Crippen LogP contribution is -2.53. The number of hydrogen-bond donors (Lipinski definition) is 3. The maximum absolute atomic E-state index is 13.9. The summed E-state index contributed by atoms with van der Waals surface area (Å²) in [6.45, 7) is 2.05. The van der Waals surface area contributed by atoms with Gasteiger partial charge in [0, 0.05) is 23.2 Å². The third-order valence-corrected chi connectivity index (χ3v) is 8.43. The van der Waals surface area contributed by atoms with Crippen LogP contribution in [-0.4, -0.2) is 27.8 Å². The zero-order valence-corrected chi connectivity index (χ0v) is 21.3. The number of amides is 2. The molecule has 2 amide bonds. The molecule has 0 radical (unpaired) electrons. The van der Waals surface area contributed by atoms with E-state index in [9.17, 15) is 19.8 Å². The smallest absolute Gasteiger partial charge is 0.238 e. The van der Waals surface area contributed by atoms with Crippen LogP contribution in [0.2, 0.25) is 0 Å².